The Hall–Kier alpha value is -1.25. The highest BCUT2D eigenvalue weighted by molar-refractivity contribution is 5.75. The third-order valence-corrected chi connectivity index (χ3v) is 2.12. The first-order valence-electron chi connectivity index (χ1n) is 4.86. The van der Waals surface area contributed by atoms with Gasteiger partial charge in [0.25, 0.3) is 0 Å². The number of Topliss-reactive ketones (excluding diaryl/α,β-unsaturated/α-hetero) is 1. The molecule has 0 N–H and O–H groups in total. The zero-order valence-electron chi connectivity index (χ0n) is 9.04. The van der Waals surface area contributed by atoms with Gasteiger partial charge in [0, 0.05) is 26.1 Å². The maximum absolute atomic E-state index is 10.7. The van der Waals surface area contributed by atoms with E-state index in [-0.39, 0.29) is 5.78 Å². The van der Waals surface area contributed by atoms with E-state index in [0.717, 1.165) is 24.6 Å². The number of aryl methyl sites for hydroxylation is 1. The summed E-state index contributed by atoms with van der Waals surface area (Å²) in [5, 5.41) is 0. The number of hydrogen-bond acceptors (Lipinski definition) is 3. The Labute approximate surface area is 84.7 Å². The van der Waals surface area contributed by atoms with Crippen molar-refractivity contribution in [2.24, 2.45) is 0 Å². The van der Waals surface area contributed by atoms with Gasteiger partial charge in [0.2, 0.25) is 0 Å². The molecule has 0 aromatic carbocycles. The quantitative estimate of drug-likeness (QED) is 0.723. The van der Waals surface area contributed by atoms with Gasteiger partial charge in [-0.3, -0.25) is 0 Å². The summed E-state index contributed by atoms with van der Waals surface area (Å²) in [4.78, 5) is 12.7. The second-order valence-corrected chi connectivity index (χ2v) is 3.61. The molecule has 0 amide bonds. The smallest absolute Gasteiger partial charge is 0.195 e. The molecule has 0 saturated carbocycles. The summed E-state index contributed by atoms with van der Waals surface area (Å²) in [5.74, 6) is 2.03. The summed E-state index contributed by atoms with van der Waals surface area (Å²) in [6.07, 6.45) is 1.52. The van der Waals surface area contributed by atoms with Gasteiger partial charge in [0.15, 0.2) is 5.88 Å². The van der Waals surface area contributed by atoms with Crippen molar-refractivity contribution >= 4 is 11.7 Å². The van der Waals surface area contributed by atoms with E-state index in [0.29, 0.717) is 6.42 Å². The Bertz CT molecular complexity index is 304. The Morgan fingerprint density at radius 3 is 2.71 bits per heavy atom. The highest BCUT2D eigenvalue weighted by Crippen LogP contribution is 2.16. The van der Waals surface area contributed by atoms with E-state index in [1.54, 1.807) is 6.92 Å². The van der Waals surface area contributed by atoms with Crippen LogP contribution in [-0.4, -0.2) is 19.4 Å². The molecule has 0 atom stereocenters. The molecule has 0 spiro atoms. The first-order valence-corrected chi connectivity index (χ1v) is 4.86. The standard InChI is InChI=1S/C11H17NO2/c1-9(13)5-4-8-12(3)11-7-6-10(2)14-11/h6-7H,4-5,8H2,1-3H3. The molecule has 1 heterocycles. The van der Waals surface area contributed by atoms with Crippen molar-refractivity contribution in [2.45, 2.75) is 26.7 Å². The molecule has 0 aliphatic heterocycles. The average Bonchev–Trinajstić information content (AvgIpc) is 2.51. The summed E-state index contributed by atoms with van der Waals surface area (Å²) in [5.41, 5.74) is 0. The van der Waals surface area contributed by atoms with E-state index in [9.17, 15) is 4.79 Å². The molecule has 0 saturated heterocycles. The molecule has 1 aromatic rings. The lowest BCUT2D eigenvalue weighted by Gasteiger charge is -2.14. The second-order valence-electron chi connectivity index (χ2n) is 3.61. The minimum absolute atomic E-state index is 0.244. The molecule has 0 radical (unpaired) electrons. The molecule has 0 aliphatic rings. The van der Waals surface area contributed by atoms with Gasteiger partial charge in [-0.15, -0.1) is 0 Å². The summed E-state index contributed by atoms with van der Waals surface area (Å²) in [7, 11) is 1.97. The van der Waals surface area contributed by atoms with E-state index >= 15 is 0 Å². The van der Waals surface area contributed by atoms with Crippen LogP contribution < -0.4 is 4.90 Å². The van der Waals surface area contributed by atoms with Crippen LogP contribution in [0.5, 0.6) is 0 Å². The summed E-state index contributed by atoms with van der Waals surface area (Å²) in [6, 6.07) is 3.89. The molecule has 0 fully saturated rings. The predicted octanol–water partition coefficient (Wildman–Crippen LogP) is 2.39. The number of carbonyl (C=O) groups excluding carboxylic acids is 1. The van der Waals surface area contributed by atoms with Gasteiger partial charge < -0.3 is 14.1 Å². The SMILES string of the molecule is CC(=O)CCCN(C)c1ccc(C)o1. The van der Waals surface area contributed by atoms with Crippen LogP contribution in [0.2, 0.25) is 0 Å². The fourth-order valence-electron chi connectivity index (χ4n) is 1.30. The Morgan fingerprint density at radius 2 is 2.21 bits per heavy atom. The number of nitrogens with zero attached hydrogens (tertiary/aromatic N) is 1. The molecule has 78 valence electrons. The first-order chi connectivity index (χ1) is 6.59. The summed E-state index contributed by atoms with van der Waals surface area (Å²) < 4.78 is 5.44. The van der Waals surface area contributed by atoms with Crippen molar-refractivity contribution in [2.75, 3.05) is 18.5 Å². The van der Waals surface area contributed by atoms with Crippen molar-refractivity contribution < 1.29 is 9.21 Å². The Morgan fingerprint density at radius 1 is 1.50 bits per heavy atom. The molecule has 0 unspecified atom stereocenters. The van der Waals surface area contributed by atoms with Crippen LogP contribution in [0.1, 0.15) is 25.5 Å². The van der Waals surface area contributed by atoms with Gasteiger partial charge in [-0.2, -0.15) is 0 Å². The number of furan rings is 1. The number of rotatable bonds is 5. The van der Waals surface area contributed by atoms with Crippen molar-refractivity contribution in [3.05, 3.63) is 17.9 Å². The fraction of sp³-hybridized carbons (Fsp3) is 0.545. The van der Waals surface area contributed by atoms with Crippen LogP contribution in [0.25, 0.3) is 0 Å². The van der Waals surface area contributed by atoms with Crippen molar-refractivity contribution in [1.82, 2.24) is 0 Å². The van der Waals surface area contributed by atoms with Crippen molar-refractivity contribution in [1.29, 1.82) is 0 Å². The molecular weight excluding hydrogens is 178 g/mol. The van der Waals surface area contributed by atoms with E-state index in [2.05, 4.69) is 0 Å². The van der Waals surface area contributed by atoms with Gasteiger partial charge >= 0.3 is 0 Å². The number of carbonyl (C=O) groups is 1. The predicted molar refractivity (Wildman–Crippen MR) is 56.6 cm³/mol. The largest absolute Gasteiger partial charge is 0.446 e. The maximum atomic E-state index is 10.7. The average molecular weight is 195 g/mol. The fourth-order valence-corrected chi connectivity index (χ4v) is 1.30. The Kier molecular flexibility index (Phi) is 3.74. The molecule has 0 bridgehead atoms. The number of anilines is 1. The zero-order chi connectivity index (χ0) is 10.6. The van der Waals surface area contributed by atoms with E-state index < -0.39 is 0 Å². The summed E-state index contributed by atoms with van der Waals surface area (Å²) in [6.45, 7) is 4.40. The van der Waals surface area contributed by atoms with Gasteiger partial charge in [-0.25, -0.2) is 0 Å². The van der Waals surface area contributed by atoms with Gasteiger partial charge in [0.05, 0.1) is 0 Å². The Balaban J connectivity index is 2.35. The van der Waals surface area contributed by atoms with Crippen LogP contribution in [0.15, 0.2) is 16.5 Å². The summed E-state index contributed by atoms with van der Waals surface area (Å²) >= 11 is 0. The lowest BCUT2D eigenvalue weighted by atomic mass is 10.2. The molecule has 3 nitrogen and oxygen atoms in total. The zero-order valence-corrected chi connectivity index (χ0v) is 9.04. The normalized spacial score (nSPS) is 10.2. The third kappa shape index (κ3) is 3.24. The molecule has 1 rings (SSSR count). The van der Waals surface area contributed by atoms with Gasteiger partial charge in [-0.1, -0.05) is 0 Å². The molecule has 3 heteroatoms. The topological polar surface area (TPSA) is 33.5 Å². The highest BCUT2D eigenvalue weighted by atomic mass is 16.4. The third-order valence-electron chi connectivity index (χ3n) is 2.12. The minimum Gasteiger partial charge on any atom is -0.446 e. The highest BCUT2D eigenvalue weighted by Gasteiger charge is 2.04. The van der Waals surface area contributed by atoms with E-state index in [4.69, 9.17) is 4.42 Å². The van der Waals surface area contributed by atoms with Crippen LogP contribution >= 0.6 is 0 Å². The van der Waals surface area contributed by atoms with Gasteiger partial charge in [-0.05, 0) is 26.3 Å². The lowest BCUT2D eigenvalue weighted by Crippen LogP contribution is -2.18. The van der Waals surface area contributed by atoms with E-state index in [1.165, 1.54) is 0 Å². The maximum Gasteiger partial charge on any atom is 0.195 e. The van der Waals surface area contributed by atoms with Crippen LogP contribution in [0.4, 0.5) is 5.88 Å². The first kappa shape index (κ1) is 10.8. The molecular formula is C11H17NO2. The minimum atomic E-state index is 0.244. The van der Waals surface area contributed by atoms with Crippen molar-refractivity contribution in [3.8, 4) is 0 Å². The number of hydrogen-bond donors (Lipinski definition) is 0. The number of ketones is 1. The van der Waals surface area contributed by atoms with Crippen LogP contribution in [0.3, 0.4) is 0 Å². The van der Waals surface area contributed by atoms with Gasteiger partial charge in [0.1, 0.15) is 11.5 Å². The van der Waals surface area contributed by atoms with Crippen LogP contribution in [0, 0.1) is 6.92 Å². The van der Waals surface area contributed by atoms with Crippen LogP contribution in [-0.2, 0) is 4.79 Å². The lowest BCUT2D eigenvalue weighted by molar-refractivity contribution is -0.117. The monoisotopic (exact) mass is 195 g/mol. The van der Waals surface area contributed by atoms with Crippen molar-refractivity contribution in [3.63, 3.8) is 0 Å². The second kappa shape index (κ2) is 4.84. The molecule has 1 aromatic heterocycles. The van der Waals surface area contributed by atoms with E-state index in [1.807, 2.05) is 31.0 Å². The molecule has 0 aliphatic carbocycles. The molecule has 14 heavy (non-hydrogen) atoms.